The zero-order valence-corrected chi connectivity index (χ0v) is 9.39. The summed E-state index contributed by atoms with van der Waals surface area (Å²) in [6.45, 7) is 3.21. The molecule has 0 aromatic rings. The van der Waals surface area contributed by atoms with Gasteiger partial charge in [-0.15, -0.1) is 0 Å². The Hall–Kier alpha value is -0.640. The first-order chi connectivity index (χ1) is 7.08. The van der Waals surface area contributed by atoms with Gasteiger partial charge in [0, 0.05) is 26.2 Å². The molecule has 2 heterocycles. The van der Waals surface area contributed by atoms with Crippen molar-refractivity contribution in [3.63, 3.8) is 0 Å². The number of rotatable bonds is 1. The van der Waals surface area contributed by atoms with E-state index < -0.39 is 15.4 Å². The highest BCUT2D eigenvalue weighted by molar-refractivity contribution is 7.91. The van der Waals surface area contributed by atoms with Gasteiger partial charge in [-0.05, 0) is 6.42 Å². The van der Waals surface area contributed by atoms with Crippen LogP contribution in [0.15, 0.2) is 0 Å². The van der Waals surface area contributed by atoms with E-state index in [1.165, 1.54) is 0 Å². The SMILES string of the molecule is N#CC1(N2CCNCC2)CCS(=O)(=O)C1. The Bertz CT molecular complexity index is 381. The third-order valence-corrected chi connectivity index (χ3v) is 4.96. The maximum Gasteiger partial charge on any atom is 0.153 e. The van der Waals surface area contributed by atoms with Gasteiger partial charge in [-0.1, -0.05) is 0 Å². The molecular formula is C9H15N3O2S. The summed E-state index contributed by atoms with van der Waals surface area (Å²) in [5.74, 6) is 0.168. The lowest BCUT2D eigenvalue weighted by Gasteiger charge is -2.37. The molecule has 15 heavy (non-hydrogen) atoms. The van der Waals surface area contributed by atoms with Gasteiger partial charge in [-0.2, -0.15) is 5.26 Å². The van der Waals surface area contributed by atoms with E-state index in [0.717, 1.165) is 26.2 Å². The first-order valence-corrected chi connectivity index (χ1v) is 6.98. The Morgan fingerprint density at radius 3 is 2.47 bits per heavy atom. The van der Waals surface area contributed by atoms with Crippen molar-refractivity contribution in [3.8, 4) is 6.07 Å². The molecule has 0 bridgehead atoms. The van der Waals surface area contributed by atoms with Crippen LogP contribution in [-0.2, 0) is 9.84 Å². The lowest BCUT2D eigenvalue weighted by Crippen LogP contribution is -2.56. The van der Waals surface area contributed by atoms with Gasteiger partial charge < -0.3 is 5.32 Å². The van der Waals surface area contributed by atoms with E-state index in [9.17, 15) is 13.7 Å². The fraction of sp³-hybridized carbons (Fsp3) is 0.889. The average molecular weight is 229 g/mol. The van der Waals surface area contributed by atoms with Gasteiger partial charge in [0.05, 0.1) is 17.6 Å². The molecule has 0 spiro atoms. The van der Waals surface area contributed by atoms with Crippen LogP contribution in [0.1, 0.15) is 6.42 Å². The minimum absolute atomic E-state index is 0.0104. The molecule has 6 heteroatoms. The molecule has 1 N–H and O–H groups in total. The average Bonchev–Trinajstić information content (AvgIpc) is 2.57. The lowest BCUT2D eigenvalue weighted by atomic mass is 9.98. The second-order valence-electron chi connectivity index (χ2n) is 4.22. The molecule has 84 valence electrons. The standard InChI is InChI=1S/C9H15N3O2S/c10-7-9(1-6-15(13,14)8-9)12-4-2-11-3-5-12/h11H,1-6,8H2. The number of nitriles is 1. The largest absolute Gasteiger partial charge is 0.314 e. The molecule has 5 nitrogen and oxygen atoms in total. The molecule has 0 aromatic carbocycles. The smallest absolute Gasteiger partial charge is 0.153 e. The fourth-order valence-corrected chi connectivity index (χ4v) is 4.25. The fourth-order valence-electron chi connectivity index (χ4n) is 2.33. The van der Waals surface area contributed by atoms with Crippen LogP contribution in [0, 0.1) is 11.3 Å². The summed E-state index contributed by atoms with van der Waals surface area (Å²) in [4.78, 5) is 2.02. The van der Waals surface area contributed by atoms with Crippen LogP contribution in [-0.4, -0.2) is 56.5 Å². The number of piperazine rings is 1. The molecular weight excluding hydrogens is 214 g/mol. The van der Waals surface area contributed by atoms with Crippen molar-refractivity contribution >= 4 is 9.84 Å². The van der Waals surface area contributed by atoms with Crippen LogP contribution >= 0.6 is 0 Å². The van der Waals surface area contributed by atoms with Crippen molar-refractivity contribution in [2.75, 3.05) is 37.7 Å². The first-order valence-electron chi connectivity index (χ1n) is 5.15. The second-order valence-corrected chi connectivity index (χ2v) is 6.41. The van der Waals surface area contributed by atoms with E-state index in [1.807, 2.05) is 4.90 Å². The Morgan fingerprint density at radius 1 is 1.33 bits per heavy atom. The quantitative estimate of drug-likeness (QED) is 0.622. The molecule has 2 aliphatic heterocycles. The third kappa shape index (κ3) is 2.00. The van der Waals surface area contributed by atoms with E-state index >= 15 is 0 Å². The minimum Gasteiger partial charge on any atom is -0.314 e. The number of hydrogen-bond acceptors (Lipinski definition) is 5. The van der Waals surface area contributed by atoms with Crippen molar-refractivity contribution in [1.29, 1.82) is 5.26 Å². The van der Waals surface area contributed by atoms with E-state index in [1.54, 1.807) is 0 Å². The summed E-state index contributed by atoms with van der Waals surface area (Å²) < 4.78 is 22.9. The summed E-state index contributed by atoms with van der Waals surface area (Å²) in [5.41, 5.74) is -0.749. The van der Waals surface area contributed by atoms with Gasteiger partial charge in [0.15, 0.2) is 9.84 Å². The van der Waals surface area contributed by atoms with Crippen molar-refractivity contribution in [2.45, 2.75) is 12.0 Å². The van der Waals surface area contributed by atoms with Gasteiger partial charge >= 0.3 is 0 Å². The van der Waals surface area contributed by atoms with Crippen LogP contribution in [0.5, 0.6) is 0 Å². The van der Waals surface area contributed by atoms with Crippen molar-refractivity contribution < 1.29 is 8.42 Å². The van der Waals surface area contributed by atoms with E-state index in [0.29, 0.717) is 6.42 Å². The van der Waals surface area contributed by atoms with Crippen LogP contribution < -0.4 is 5.32 Å². The second kappa shape index (κ2) is 3.74. The van der Waals surface area contributed by atoms with Gasteiger partial charge in [0.25, 0.3) is 0 Å². The Labute approximate surface area is 90.0 Å². The predicted octanol–water partition coefficient (Wildman–Crippen LogP) is -1.03. The number of nitrogens with one attached hydrogen (secondary N) is 1. The summed E-state index contributed by atoms with van der Waals surface area (Å²) in [5, 5.41) is 12.4. The molecule has 0 saturated carbocycles. The number of hydrogen-bond donors (Lipinski definition) is 1. The summed E-state index contributed by atoms with van der Waals surface area (Å²) in [6, 6.07) is 2.22. The highest BCUT2D eigenvalue weighted by atomic mass is 32.2. The maximum absolute atomic E-state index is 11.5. The molecule has 0 radical (unpaired) electrons. The molecule has 1 unspecified atom stereocenters. The van der Waals surface area contributed by atoms with E-state index in [4.69, 9.17) is 0 Å². The molecule has 2 saturated heterocycles. The Morgan fingerprint density at radius 2 is 2.00 bits per heavy atom. The maximum atomic E-state index is 11.5. The van der Waals surface area contributed by atoms with Crippen LogP contribution in [0.4, 0.5) is 0 Å². The monoisotopic (exact) mass is 229 g/mol. The molecule has 1 atom stereocenters. The molecule has 2 fully saturated rings. The van der Waals surface area contributed by atoms with Crippen molar-refractivity contribution in [2.24, 2.45) is 0 Å². The van der Waals surface area contributed by atoms with Gasteiger partial charge in [-0.3, -0.25) is 4.90 Å². The summed E-state index contributed by atoms with van der Waals surface area (Å²) in [6.07, 6.45) is 0.464. The molecule has 0 amide bonds. The summed E-state index contributed by atoms with van der Waals surface area (Å²) in [7, 11) is -3.00. The number of sulfone groups is 1. The Balaban J connectivity index is 2.20. The molecule has 0 aliphatic carbocycles. The van der Waals surface area contributed by atoms with Gasteiger partial charge in [0.2, 0.25) is 0 Å². The first kappa shape index (κ1) is 10.9. The van der Waals surface area contributed by atoms with Crippen LogP contribution in [0.2, 0.25) is 0 Å². The van der Waals surface area contributed by atoms with E-state index in [-0.39, 0.29) is 11.5 Å². The van der Waals surface area contributed by atoms with Gasteiger partial charge in [-0.25, -0.2) is 8.42 Å². The Kier molecular flexibility index (Phi) is 2.71. The molecule has 2 rings (SSSR count). The predicted molar refractivity (Wildman–Crippen MR) is 56.1 cm³/mol. The third-order valence-electron chi connectivity index (χ3n) is 3.22. The summed E-state index contributed by atoms with van der Waals surface area (Å²) >= 11 is 0. The highest BCUT2D eigenvalue weighted by Gasteiger charge is 2.47. The topological polar surface area (TPSA) is 73.2 Å². The highest BCUT2D eigenvalue weighted by Crippen LogP contribution is 2.29. The van der Waals surface area contributed by atoms with Crippen LogP contribution in [0.25, 0.3) is 0 Å². The zero-order valence-electron chi connectivity index (χ0n) is 8.57. The normalized spacial score (nSPS) is 36.2. The van der Waals surface area contributed by atoms with E-state index in [2.05, 4.69) is 11.4 Å². The van der Waals surface area contributed by atoms with Crippen molar-refractivity contribution in [3.05, 3.63) is 0 Å². The zero-order chi connectivity index (χ0) is 10.9. The molecule has 0 aromatic heterocycles. The van der Waals surface area contributed by atoms with Crippen molar-refractivity contribution in [1.82, 2.24) is 10.2 Å². The number of nitrogens with zero attached hydrogens (tertiary/aromatic N) is 2. The lowest BCUT2D eigenvalue weighted by molar-refractivity contribution is 0.138. The van der Waals surface area contributed by atoms with Gasteiger partial charge in [0.1, 0.15) is 5.54 Å². The van der Waals surface area contributed by atoms with Crippen LogP contribution in [0.3, 0.4) is 0 Å². The molecule has 2 aliphatic rings. The minimum atomic E-state index is -3.00.